The number of carbonyl (C=O) groups is 1. The van der Waals surface area contributed by atoms with Crippen molar-refractivity contribution in [3.05, 3.63) is 65.2 Å². The summed E-state index contributed by atoms with van der Waals surface area (Å²) in [5.74, 6) is 0.0685. The van der Waals surface area contributed by atoms with Crippen molar-refractivity contribution in [1.82, 2.24) is 4.90 Å². The smallest absolute Gasteiger partial charge is 0.224 e. The molecule has 0 aromatic heterocycles. The molecule has 26 heavy (non-hydrogen) atoms. The summed E-state index contributed by atoms with van der Waals surface area (Å²) in [6.07, 6.45) is 2.31. The molecule has 3 rings (SSSR count). The molecular weight excluding hydrogens is 324 g/mol. The van der Waals surface area contributed by atoms with Crippen molar-refractivity contribution in [1.29, 1.82) is 0 Å². The first-order chi connectivity index (χ1) is 12.7. The second kappa shape index (κ2) is 9.51. The number of aryl methyl sites for hydroxylation is 2. The van der Waals surface area contributed by atoms with Crippen LogP contribution in [0.1, 0.15) is 30.0 Å². The lowest BCUT2D eigenvalue weighted by Crippen LogP contribution is -2.35. The number of rotatable bonds is 7. The molecule has 1 fully saturated rings. The molecule has 0 spiro atoms. The van der Waals surface area contributed by atoms with Crippen molar-refractivity contribution in [3.63, 3.8) is 0 Å². The van der Waals surface area contributed by atoms with Crippen LogP contribution in [-0.4, -0.2) is 37.1 Å². The van der Waals surface area contributed by atoms with Crippen molar-refractivity contribution in [2.75, 3.05) is 31.6 Å². The van der Waals surface area contributed by atoms with E-state index in [-0.39, 0.29) is 5.91 Å². The first-order valence-corrected chi connectivity index (χ1v) is 9.50. The quantitative estimate of drug-likeness (QED) is 0.827. The third-order valence-corrected chi connectivity index (χ3v) is 4.86. The number of benzene rings is 2. The Labute approximate surface area is 156 Å². The third-order valence-electron chi connectivity index (χ3n) is 4.86. The van der Waals surface area contributed by atoms with Gasteiger partial charge in [0, 0.05) is 31.7 Å². The standard InChI is InChI=1S/C22H28N2O2/c1-2-18-7-9-19(10-8-18)11-12-22(25)23-21-6-4-3-5-20(21)17-24-13-15-26-16-14-24/h3-10H,2,11-17H2,1H3,(H,23,25). The maximum atomic E-state index is 12.4. The number of anilines is 1. The van der Waals surface area contributed by atoms with Crippen LogP contribution in [-0.2, 0) is 28.9 Å². The number of hydrogen-bond donors (Lipinski definition) is 1. The van der Waals surface area contributed by atoms with Crippen molar-refractivity contribution in [2.45, 2.75) is 32.7 Å². The summed E-state index contributed by atoms with van der Waals surface area (Å²) in [6.45, 7) is 6.44. The maximum Gasteiger partial charge on any atom is 0.224 e. The van der Waals surface area contributed by atoms with E-state index in [0.29, 0.717) is 6.42 Å². The Morgan fingerprint density at radius 2 is 1.73 bits per heavy atom. The number of para-hydroxylation sites is 1. The van der Waals surface area contributed by atoms with Gasteiger partial charge in [0.25, 0.3) is 0 Å². The monoisotopic (exact) mass is 352 g/mol. The van der Waals surface area contributed by atoms with Gasteiger partial charge in [0.2, 0.25) is 5.91 Å². The Morgan fingerprint density at radius 1 is 1.04 bits per heavy atom. The van der Waals surface area contributed by atoms with Gasteiger partial charge >= 0.3 is 0 Å². The van der Waals surface area contributed by atoms with Crippen LogP contribution >= 0.6 is 0 Å². The molecule has 2 aromatic carbocycles. The Balaban J connectivity index is 1.54. The minimum atomic E-state index is 0.0685. The van der Waals surface area contributed by atoms with Gasteiger partial charge < -0.3 is 10.1 Å². The van der Waals surface area contributed by atoms with Crippen LogP contribution < -0.4 is 5.32 Å². The van der Waals surface area contributed by atoms with Gasteiger partial charge in [-0.15, -0.1) is 0 Å². The van der Waals surface area contributed by atoms with Gasteiger partial charge in [-0.05, 0) is 35.6 Å². The van der Waals surface area contributed by atoms with E-state index in [1.807, 2.05) is 18.2 Å². The number of nitrogens with one attached hydrogen (secondary N) is 1. The van der Waals surface area contributed by atoms with Crippen LogP contribution in [0, 0.1) is 0 Å². The molecule has 0 bridgehead atoms. The molecule has 138 valence electrons. The first kappa shape index (κ1) is 18.6. The third kappa shape index (κ3) is 5.41. The average Bonchev–Trinajstić information content (AvgIpc) is 2.69. The predicted octanol–water partition coefficient (Wildman–Crippen LogP) is 3.65. The van der Waals surface area contributed by atoms with Gasteiger partial charge in [-0.2, -0.15) is 0 Å². The summed E-state index contributed by atoms with van der Waals surface area (Å²) < 4.78 is 5.41. The summed E-state index contributed by atoms with van der Waals surface area (Å²) in [7, 11) is 0. The molecule has 0 saturated carbocycles. The Morgan fingerprint density at radius 3 is 2.46 bits per heavy atom. The zero-order valence-electron chi connectivity index (χ0n) is 15.5. The summed E-state index contributed by atoms with van der Waals surface area (Å²) in [6, 6.07) is 16.6. The molecule has 0 atom stereocenters. The van der Waals surface area contributed by atoms with Gasteiger partial charge in [0.1, 0.15) is 0 Å². The highest BCUT2D eigenvalue weighted by atomic mass is 16.5. The highest BCUT2D eigenvalue weighted by Gasteiger charge is 2.13. The van der Waals surface area contributed by atoms with Gasteiger partial charge in [-0.25, -0.2) is 0 Å². The second-order valence-corrected chi connectivity index (χ2v) is 6.76. The van der Waals surface area contributed by atoms with E-state index >= 15 is 0 Å². The molecule has 4 nitrogen and oxygen atoms in total. The van der Waals surface area contributed by atoms with Crippen LogP contribution in [0.15, 0.2) is 48.5 Å². The van der Waals surface area contributed by atoms with Gasteiger partial charge in [-0.3, -0.25) is 9.69 Å². The van der Waals surface area contributed by atoms with Crippen molar-refractivity contribution in [2.24, 2.45) is 0 Å². The Bertz CT molecular complexity index is 706. The SMILES string of the molecule is CCc1ccc(CCC(=O)Nc2ccccc2CN2CCOCC2)cc1. The van der Waals surface area contributed by atoms with E-state index in [4.69, 9.17) is 4.74 Å². The molecule has 0 unspecified atom stereocenters. The molecule has 4 heteroatoms. The van der Waals surface area contributed by atoms with E-state index in [9.17, 15) is 4.79 Å². The van der Waals surface area contributed by atoms with Crippen molar-refractivity contribution < 1.29 is 9.53 Å². The molecule has 1 amide bonds. The van der Waals surface area contributed by atoms with Crippen LogP contribution in [0.3, 0.4) is 0 Å². The van der Waals surface area contributed by atoms with E-state index in [0.717, 1.165) is 56.9 Å². The van der Waals surface area contributed by atoms with Gasteiger partial charge in [0.05, 0.1) is 13.2 Å². The van der Waals surface area contributed by atoms with Gasteiger partial charge in [-0.1, -0.05) is 49.4 Å². The topological polar surface area (TPSA) is 41.6 Å². The van der Waals surface area contributed by atoms with E-state index in [2.05, 4.69) is 47.5 Å². The summed E-state index contributed by atoms with van der Waals surface area (Å²) >= 11 is 0. The fraction of sp³-hybridized carbons (Fsp3) is 0.409. The van der Waals surface area contributed by atoms with Crippen LogP contribution in [0.4, 0.5) is 5.69 Å². The van der Waals surface area contributed by atoms with Crippen LogP contribution in [0.5, 0.6) is 0 Å². The van der Waals surface area contributed by atoms with E-state index in [1.54, 1.807) is 0 Å². The molecule has 2 aromatic rings. The number of nitrogens with zero attached hydrogens (tertiary/aromatic N) is 1. The molecule has 1 aliphatic rings. The minimum absolute atomic E-state index is 0.0685. The zero-order chi connectivity index (χ0) is 18.2. The largest absolute Gasteiger partial charge is 0.379 e. The Hall–Kier alpha value is -2.17. The maximum absolute atomic E-state index is 12.4. The predicted molar refractivity (Wildman–Crippen MR) is 105 cm³/mol. The lowest BCUT2D eigenvalue weighted by atomic mass is 10.1. The zero-order valence-corrected chi connectivity index (χ0v) is 15.5. The number of hydrogen-bond acceptors (Lipinski definition) is 3. The summed E-state index contributed by atoms with van der Waals surface area (Å²) in [5, 5.41) is 3.10. The van der Waals surface area contributed by atoms with Crippen molar-refractivity contribution >= 4 is 11.6 Å². The molecule has 0 radical (unpaired) electrons. The second-order valence-electron chi connectivity index (χ2n) is 6.76. The minimum Gasteiger partial charge on any atom is -0.379 e. The van der Waals surface area contributed by atoms with Crippen LogP contribution in [0.25, 0.3) is 0 Å². The number of carbonyl (C=O) groups excluding carboxylic acids is 1. The molecular formula is C22H28N2O2. The fourth-order valence-electron chi connectivity index (χ4n) is 3.19. The summed E-state index contributed by atoms with van der Waals surface area (Å²) in [4.78, 5) is 14.8. The molecule has 1 N–H and O–H groups in total. The average molecular weight is 352 g/mol. The lowest BCUT2D eigenvalue weighted by molar-refractivity contribution is -0.116. The normalized spacial score (nSPS) is 15.0. The summed E-state index contributed by atoms with van der Waals surface area (Å²) in [5.41, 5.74) is 4.62. The number of morpholine rings is 1. The van der Waals surface area contributed by atoms with Gasteiger partial charge in [0.15, 0.2) is 0 Å². The molecule has 1 aliphatic heterocycles. The van der Waals surface area contributed by atoms with Crippen molar-refractivity contribution in [3.8, 4) is 0 Å². The fourth-order valence-corrected chi connectivity index (χ4v) is 3.19. The number of ether oxygens (including phenoxy) is 1. The molecule has 0 aliphatic carbocycles. The van der Waals surface area contributed by atoms with Crippen LogP contribution in [0.2, 0.25) is 0 Å². The number of amides is 1. The van der Waals surface area contributed by atoms with E-state index in [1.165, 1.54) is 11.1 Å². The molecule has 1 heterocycles. The lowest BCUT2D eigenvalue weighted by Gasteiger charge is -2.27. The highest BCUT2D eigenvalue weighted by molar-refractivity contribution is 5.91. The highest BCUT2D eigenvalue weighted by Crippen LogP contribution is 2.18. The van der Waals surface area contributed by atoms with E-state index < -0.39 is 0 Å². The molecule has 1 saturated heterocycles. The Kier molecular flexibility index (Phi) is 6.81. The first-order valence-electron chi connectivity index (χ1n) is 9.50.